The van der Waals surface area contributed by atoms with Gasteiger partial charge in [-0.05, 0) is 120 Å². The van der Waals surface area contributed by atoms with Crippen LogP contribution in [0.15, 0.2) is 53.4 Å². The number of aliphatic hydroxyl groups is 2. The molecule has 1 fully saturated rings. The Morgan fingerprint density at radius 1 is 0.672 bits per heavy atom. The molecule has 7 atom stereocenters. The molecule has 368 valence electrons. The van der Waals surface area contributed by atoms with Gasteiger partial charge in [0.1, 0.15) is 6.10 Å². The summed E-state index contributed by atoms with van der Waals surface area (Å²) in [7, 11) is -9.71. The standard InChI is InChI=1S/C18H28F6O4.C14H18F2O5S.C10H14O3S/c1-6-14(2,3)13(25)28-12-8-10(15(4,26)17(19,20)21)7-11(9-12)16(5,27)18(22,23)24;1-4-9(2)11-5-7-12(8-6-11)13(17)21-10(3)14(15,16)22(18,19)20;1-3-8(2)9-4-6-10(7-5-9)14(11,12)13/h10-12,26-27H,6-9H2,1-5H3;5-10H,4H2,1-3H3,(H,18,19,20);4-8H,3H2,1-2H3,(H,11,12,13). The van der Waals surface area contributed by atoms with Gasteiger partial charge in [0.25, 0.3) is 10.1 Å². The summed E-state index contributed by atoms with van der Waals surface area (Å²) in [5.41, 5.74) is -5.47. The van der Waals surface area contributed by atoms with Crippen LogP contribution >= 0.6 is 0 Å². The predicted molar refractivity (Wildman–Crippen MR) is 220 cm³/mol. The Bertz CT molecular complexity index is 2020. The molecule has 0 spiro atoms. The highest BCUT2D eigenvalue weighted by Crippen LogP contribution is 2.50. The maximum Gasteiger partial charge on any atom is 0.417 e. The molecular weight excluding hydrogens is 913 g/mol. The van der Waals surface area contributed by atoms with Crippen LogP contribution in [0.1, 0.15) is 141 Å². The van der Waals surface area contributed by atoms with Crippen LogP contribution in [0.2, 0.25) is 0 Å². The molecule has 7 unspecified atom stereocenters. The number of benzene rings is 2. The molecule has 22 heteroatoms. The van der Waals surface area contributed by atoms with Crippen LogP contribution in [-0.2, 0) is 34.5 Å². The van der Waals surface area contributed by atoms with Crippen LogP contribution in [0.3, 0.4) is 0 Å². The van der Waals surface area contributed by atoms with E-state index in [2.05, 4.69) is 18.6 Å². The van der Waals surface area contributed by atoms with Crippen molar-refractivity contribution in [3.8, 4) is 0 Å². The summed E-state index contributed by atoms with van der Waals surface area (Å²) in [4.78, 5) is 24.0. The van der Waals surface area contributed by atoms with E-state index in [1.54, 1.807) is 45.0 Å². The highest BCUT2D eigenvalue weighted by atomic mass is 32.2. The van der Waals surface area contributed by atoms with E-state index < -0.39 is 110 Å². The number of esters is 2. The highest BCUT2D eigenvalue weighted by Gasteiger charge is 2.62. The van der Waals surface area contributed by atoms with E-state index in [0.29, 0.717) is 33.1 Å². The van der Waals surface area contributed by atoms with Gasteiger partial charge in [0.15, 0.2) is 17.3 Å². The molecule has 0 aliphatic heterocycles. The first-order valence-electron chi connectivity index (χ1n) is 20.2. The SMILES string of the molecule is CCC(C)(C)C(=O)OC1CC(C(C)(O)C(F)(F)F)CC(C(C)(O)C(F)(F)F)C1.CCC(C)c1ccc(C(=O)OC(C)C(F)(F)S(=O)(=O)O)cc1.CCC(C)c1ccc(S(=O)(=O)O)cc1. The van der Waals surface area contributed by atoms with Gasteiger partial charge >= 0.3 is 39.7 Å². The largest absolute Gasteiger partial charge is 0.462 e. The molecule has 64 heavy (non-hydrogen) atoms. The van der Waals surface area contributed by atoms with E-state index >= 15 is 0 Å². The van der Waals surface area contributed by atoms with Gasteiger partial charge in [-0.15, -0.1) is 0 Å². The van der Waals surface area contributed by atoms with Crippen molar-refractivity contribution in [3.05, 3.63) is 65.2 Å². The second kappa shape index (κ2) is 21.9. The van der Waals surface area contributed by atoms with Crippen LogP contribution in [-0.4, -0.2) is 89.1 Å². The van der Waals surface area contributed by atoms with Crippen molar-refractivity contribution in [2.24, 2.45) is 17.3 Å². The monoisotopic (exact) mass is 972 g/mol. The zero-order valence-electron chi connectivity index (χ0n) is 37.2. The first-order chi connectivity index (χ1) is 28.7. The lowest BCUT2D eigenvalue weighted by Crippen LogP contribution is -2.57. The van der Waals surface area contributed by atoms with Gasteiger partial charge in [-0.1, -0.05) is 58.9 Å². The fourth-order valence-corrected chi connectivity index (χ4v) is 7.04. The Hall–Kier alpha value is -3.44. The average molecular weight is 973 g/mol. The third-order valence-corrected chi connectivity index (χ3v) is 13.8. The van der Waals surface area contributed by atoms with Gasteiger partial charge in [-0.25, -0.2) is 4.79 Å². The van der Waals surface area contributed by atoms with E-state index in [9.17, 15) is 71.8 Å². The molecule has 1 aliphatic rings. The second-order valence-electron chi connectivity index (χ2n) is 17.0. The number of alkyl halides is 8. The van der Waals surface area contributed by atoms with Gasteiger partial charge in [-0.2, -0.15) is 52.0 Å². The average Bonchev–Trinajstić information content (AvgIpc) is 3.18. The lowest BCUT2D eigenvalue weighted by atomic mass is 9.67. The minimum Gasteiger partial charge on any atom is -0.462 e. The summed E-state index contributed by atoms with van der Waals surface area (Å²) in [6.07, 6.45) is -13.2. The van der Waals surface area contributed by atoms with Gasteiger partial charge in [-0.3, -0.25) is 13.9 Å². The Morgan fingerprint density at radius 3 is 1.36 bits per heavy atom. The van der Waals surface area contributed by atoms with Crippen molar-refractivity contribution < 1.29 is 90.3 Å². The van der Waals surface area contributed by atoms with Gasteiger partial charge in [0, 0.05) is 11.8 Å². The van der Waals surface area contributed by atoms with Crippen molar-refractivity contribution in [1.29, 1.82) is 0 Å². The zero-order valence-corrected chi connectivity index (χ0v) is 38.9. The van der Waals surface area contributed by atoms with Crippen LogP contribution in [0, 0.1) is 17.3 Å². The molecule has 0 saturated heterocycles. The number of ether oxygens (including phenoxy) is 2. The van der Waals surface area contributed by atoms with Crippen molar-refractivity contribution >= 4 is 32.2 Å². The molecule has 0 amide bonds. The highest BCUT2D eigenvalue weighted by molar-refractivity contribution is 7.87. The van der Waals surface area contributed by atoms with Crippen LogP contribution in [0.4, 0.5) is 35.1 Å². The molecule has 12 nitrogen and oxygen atoms in total. The topological polar surface area (TPSA) is 202 Å². The normalized spacial score (nSPS) is 20.9. The van der Waals surface area contributed by atoms with Gasteiger partial charge in [0.05, 0.1) is 15.9 Å². The molecule has 4 N–H and O–H groups in total. The predicted octanol–water partition coefficient (Wildman–Crippen LogP) is 10.1. The number of carbonyl (C=O) groups is 2. The second-order valence-corrected chi connectivity index (χ2v) is 19.9. The van der Waals surface area contributed by atoms with Crippen LogP contribution in [0.25, 0.3) is 0 Å². The first kappa shape index (κ1) is 58.6. The van der Waals surface area contributed by atoms with E-state index in [1.165, 1.54) is 24.3 Å². The van der Waals surface area contributed by atoms with Crippen LogP contribution < -0.4 is 0 Å². The third kappa shape index (κ3) is 15.3. The Balaban J connectivity index is 0.000000506. The third-order valence-electron chi connectivity index (χ3n) is 11.9. The summed E-state index contributed by atoms with van der Waals surface area (Å²) in [5, 5.41) is 15.4. The molecule has 1 saturated carbocycles. The lowest BCUT2D eigenvalue weighted by Gasteiger charge is -2.46. The lowest BCUT2D eigenvalue weighted by molar-refractivity contribution is -0.299. The number of carbonyl (C=O) groups excluding carboxylic acids is 2. The Labute approximate surface area is 369 Å². The molecule has 2 aromatic carbocycles. The van der Waals surface area contributed by atoms with Crippen molar-refractivity contribution in [2.75, 3.05) is 0 Å². The number of halogens is 8. The summed E-state index contributed by atoms with van der Waals surface area (Å²) in [6, 6.07) is 12.5. The molecule has 0 bridgehead atoms. The molecule has 0 aromatic heterocycles. The van der Waals surface area contributed by atoms with E-state index in [-0.39, 0.29) is 16.4 Å². The molecular formula is C42H60F8O12S2. The number of rotatable bonds is 14. The quantitative estimate of drug-likeness (QED) is 0.0794. The van der Waals surface area contributed by atoms with Crippen LogP contribution in [0.5, 0.6) is 0 Å². The van der Waals surface area contributed by atoms with E-state index in [0.717, 1.165) is 24.0 Å². The zero-order chi connectivity index (χ0) is 50.2. The molecule has 0 heterocycles. The Morgan fingerprint density at radius 2 is 1.05 bits per heavy atom. The maximum atomic E-state index is 13.3. The summed E-state index contributed by atoms with van der Waals surface area (Å²) in [6.45, 7) is 14.6. The Kier molecular flexibility index (Phi) is 20.0. The van der Waals surface area contributed by atoms with Gasteiger partial charge < -0.3 is 19.7 Å². The van der Waals surface area contributed by atoms with Crippen molar-refractivity contribution in [1.82, 2.24) is 0 Å². The number of hydrogen-bond donors (Lipinski definition) is 4. The summed E-state index contributed by atoms with van der Waals surface area (Å²) < 4.78 is 176. The molecule has 2 aromatic rings. The molecule has 3 rings (SSSR count). The fourth-order valence-electron chi connectivity index (χ4n) is 6.09. The maximum absolute atomic E-state index is 13.3. The van der Waals surface area contributed by atoms with E-state index in [1.807, 2.05) is 13.8 Å². The van der Waals surface area contributed by atoms with Crippen molar-refractivity contribution in [2.45, 2.75) is 166 Å². The van der Waals surface area contributed by atoms with Crippen molar-refractivity contribution in [3.63, 3.8) is 0 Å². The minimum absolute atomic E-state index is 0.0186. The summed E-state index contributed by atoms with van der Waals surface area (Å²) in [5.74, 6) is -4.51. The first-order valence-corrected chi connectivity index (χ1v) is 23.1. The minimum atomic E-state index is -5.66. The number of hydrogen-bond acceptors (Lipinski definition) is 10. The van der Waals surface area contributed by atoms with E-state index in [4.69, 9.17) is 13.8 Å². The van der Waals surface area contributed by atoms with Gasteiger partial charge in [0.2, 0.25) is 0 Å². The molecule has 0 radical (unpaired) electrons. The summed E-state index contributed by atoms with van der Waals surface area (Å²) >= 11 is 0. The fraction of sp³-hybridized carbons (Fsp3) is 0.667. The smallest absolute Gasteiger partial charge is 0.417 e. The molecule has 1 aliphatic carbocycles.